The smallest absolute Gasteiger partial charge is 0.195 e. The molecule has 0 aliphatic heterocycles. The maximum Gasteiger partial charge on any atom is 0.195 e. The summed E-state index contributed by atoms with van der Waals surface area (Å²) in [7, 11) is 0. The highest BCUT2D eigenvalue weighted by Crippen LogP contribution is 2.16. The number of rotatable bonds is 3. The van der Waals surface area contributed by atoms with Crippen molar-refractivity contribution in [1.29, 1.82) is 0 Å². The van der Waals surface area contributed by atoms with E-state index in [1.54, 1.807) is 24.5 Å². The number of nitrogens with one attached hydrogen (secondary N) is 1. The third-order valence-corrected chi connectivity index (χ3v) is 1.93. The molecule has 0 atom stereocenters. The summed E-state index contributed by atoms with van der Waals surface area (Å²) in [4.78, 5) is 0. The van der Waals surface area contributed by atoms with Gasteiger partial charge in [-0.15, -0.1) is 6.58 Å². The van der Waals surface area contributed by atoms with Crippen LogP contribution in [0.1, 0.15) is 19.7 Å². The van der Waals surface area contributed by atoms with Crippen LogP contribution in [0.3, 0.4) is 0 Å². The minimum Gasteiger partial charge on any atom is -0.382 e. The lowest BCUT2D eigenvalue weighted by atomic mass is 10.1. The van der Waals surface area contributed by atoms with E-state index in [0.717, 1.165) is 0 Å². The molecule has 1 aromatic rings. The Morgan fingerprint density at radius 3 is 2.85 bits per heavy atom. The van der Waals surface area contributed by atoms with E-state index in [1.165, 1.54) is 0 Å². The lowest BCUT2D eigenvalue weighted by Gasteiger charge is -2.16. The van der Waals surface area contributed by atoms with Gasteiger partial charge in [-0.3, -0.25) is 9.67 Å². The number of hydrogen-bond donors (Lipinski definition) is 2. The summed E-state index contributed by atoms with van der Waals surface area (Å²) in [6.07, 6.45) is 1.71. The lowest BCUT2D eigenvalue weighted by molar-refractivity contribution is 0.0647. The first-order chi connectivity index (χ1) is 5.96. The quantitative estimate of drug-likeness (QED) is 0.571. The van der Waals surface area contributed by atoms with Gasteiger partial charge < -0.3 is 5.11 Å². The molecule has 2 N–H and O–H groups in total. The molecule has 0 saturated carbocycles. The number of aromatic amines is 1. The van der Waals surface area contributed by atoms with Gasteiger partial charge in [0.2, 0.25) is 0 Å². The number of aliphatic hydroxyl groups is 1. The SMILES string of the molecule is C=CCn1c(C(C)(C)O)n[nH]c1=S. The summed E-state index contributed by atoms with van der Waals surface area (Å²) in [5.74, 6) is 0.525. The minimum absolute atomic E-state index is 0.497. The van der Waals surface area contributed by atoms with Crippen molar-refractivity contribution < 1.29 is 5.11 Å². The van der Waals surface area contributed by atoms with Crippen LogP contribution in [0.4, 0.5) is 0 Å². The van der Waals surface area contributed by atoms with Crippen LogP contribution in [0.15, 0.2) is 12.7 Å². The first-order valence-corrected chi connectivity index (χ1v) is 4.36. The Bertz CT molecular complexity index is 358. The standard InChI is InChI=1S/C8H13N3OS/c1-4-5-11-6(8(2,3)12)9-10-7(11)13/h4,12H,1,5H2,2-3H3,(H,10,13). The van der Waals surface area contributed by atoms with Crippen LogP contribution in [0.5, 0.6) is 0 Å². The first-order valence-electron chi connectivity index (χ1n) is 3.95. The van der Waals surface area contributed by atoms with Crippen molar-refractivity contribution in [2.75, 3.05) is 0 Å². The zero-order valence-electron chi connectivity index (χ0n) is 7.74. The van der Waals surface area contributed by atoms with E-state index in [1.807, 2.05) is 0 Å². The fraction of sp³-hybridized carbons (Fsp3) is 0.500. The maximum absolute atomic E-state index is 9.73. The zero-order valence-corrected chi connectivity index (χ0v) is 8.56. The van der Waals surface area contributed by atoms with Gasteiger partial charge in [-0.2, -0.15) is 5.10 Å². The molecule has 0 aliphatic rings. The lowest BCUT2D eigenvalue weighted by Crippen LogP contribution is -2.22. The van der Waals surface area contributed by atoms with E-state index in [4.69, 9.17) is 12.2 Å². The van der Waals surface area contributed by atoms with Crippen LogP contribution in [0.2, 0.25) is 0 Å². The summed E-state index contributed by atoms with van der Waals surface area (Å²) in [6.45, 7) is 7.49. The summed E-state index contributed by atoms with van der Waals surface area (Å²) >= 11 is 4.99. The van der Waals surface area contributed by atoms with Crippen LogP contribution in [0, 0.1) is 4.77 Å². The molecule has 1 rings (SSSR count). The summed E-state index contributed by atoms with van der Waals surface area (Å²) in [5.41, 5.74) is -0.990. The monoisotopic (exact) mass is 199 g/mol. The number of aromatic nitrogens is 3. The molecule has 0 aromatic carbocycles. The summed E-state index contributed by atoms with van der Waals surface area (Å²) in [5, 5.41) is 16.3. The number of nitrogens with zero attached hydrogens (tertiary/aromatic N) is 2. The van der Waals surface area contributed by atoms with Crippen LogP contribution in [-0.2, 0) is 12.1 Å². The second-order valence-electron chi connectivity index (χ2n) is 3.31. The molecular formula is C8H13N3OS. The highest BCUT2D eigenvalue weighted by atomic mass is 32.1. The summed E-state index contributed by atoms with van der Waals surface area (Å²) in [6, 6.07) is 0. The molecule has 4 nitrogen and oxygen atoms in total. The van der Waals surface area contributed by atoms with Gasteiger partial charge in [-0.1, -0.05) is 6.08 Å². The predicted molar refractivity (Wildman–Crippen MR) is 52.9 cm³/mol. The van der Waals surface area contributed by atoms with Gasteiger partial charge in [-0.05, 0) is 26.1 Å². The third kappa shape index (κ3) is 2.05. The second-order valence-corrected chi connectivity index (χ2v) is 3.70. The predicted octanol–water partition coefficient (Wildman–Crippen LogP) is 1.35. The molecule has 0 bridgehead atoms. The van der Waals surface area contributed by atoms with Crippen molar-refractivity contribution in [1.82, 2.24) is 14.8 Å². The van der Waals surface area contributed by atoms with Gasteiger partial charge in [0, 0.05) is 6.54 Å². The van der Waals surface area contributed by atoms with Crippen molar-refractivity contribution in [3.8, 4) is 0 Å². The molecular weight excluding hydrogens is 186 g/mol. The van der Waals surface area contributed by atoms with Crippen molar-refractivity contribution in [3.63, 3.8) is 0 Å². The Morgan fingerprint density at radius 1 is 1.77 bits per heavy atom. The number of allylic oxidation sites excluding steroid dienone is 1. The average Bonchev–Trinajstić information content (AvgIpc) is 2.32. The number of H-pyrrole nitrogens is 1. The second kappa shape index (κ2) is 3.43. The molecule has 72 valence electrons. The van der Waals surface area contributed by atoms with Gasteiger partial charge in [0.05, 0.1) is 0 Å². The van der Waals surface area contributed by atoms with Gasteiger partial charge in [0.15, 0.2) is 10.6 Å². The van der Waals surface area contributed by atoms with Crippen molar-refractivity contribution in [2.24, 2.45) is 0 Å². The fourth-order valence-corrected chi connectivity index (χ4v) is 1.29. The van der Waals surface area contributed by atoms with Crippen LogP contribution in [0.25, 0.3) is 0 Å². The van der Waals surface area contributed by atoms with E-state index >= 15 is 0 Å². The van der Waals surface area contributed by atoms with Crippen molar-refractivity contribution >= 4 is 12.2 Å². The van der Waals surface area contributed by atoms with E-state index in [2.05, 4.69) is 16.8 Å². The fourth-order valence-electron chi connectivity index (χ4n) is 1.08. The molecule has 0 aliphatic carbocycles. The Balaban J connectivity index is 3.22. The Morgan fingerprint density at radius 2 is 2.38 bits per heavy atom. The van der Waals surface area contributed by atoms with Crippen LogP contribution in [-0.4, -0.2) is 19.9 Å². The van der Waals surface area contributed by atoms with E-state index in [0.29, 0.717) is 17.1 Å². The first kappa shape index (κ1) is 10.1. The molecule has 0 fully saturated rings. The molecule has 1 aromatic heterocycles. The third-order valence-electron chi connectivity index (χ3n) is 1.62. The van der Waals surface area contributed by atoms with Gasteiger partial charge in [0.1, 0.15) is 5.60 Å². The molecule has 1 heterocycles. The Kier molecular flexibility index (Phi) is 2.68. The number of hydrogen-bond acceptors (Lipinski definition) is 3. The van der Waals surface area contributed by atoms with Crippen molar-refractivity contribution in [3.05, 3.63) is 23.3 Å². The molecule has 0 spiro atoms. The molecule has 0 unspecified atom stereocenters. The molecule has 5 heteroatoms. The Labute approximate surface area is 81.9 Å². The molecule has 0 radical (unpaired) electrons. The molecule has 13 heavy (non-hydrogen) atoms. The van der Waals surface area contributed by atoms with Gasteiger partial charge in [-0.25, -0.2) is 0 Å². The highest BCUT2D eigenvalue weighted by molar-refractivity contribution is 7.71. The Hall–Kier alpha value is -0.940. The van der Waals surface area contributed by atoms with Crippen LogP contribution >= 0.6 is 12.2 Å². The largest absolute Gasteiger partial charge is 0.382 e. The molecule has 0 amide bonds. The van der Waals surface area contributed by atoms with Crippen molar-refractivity contribution in [2.45, 2.75) is 26.0 Å². The highest BCUT2D eigenvalue weighted by Gasteiger charge is 2.22. The minimum atomic E-state index is -0.990. The molecule has 0 saturated heterocycles. The van der Waals surface area contributed by atoms with Gasteiger partial charge >= 0.3 is 0 Å². The van der Waals surface area contributed by atoms with E-state index in [9.17, 15) is 5.11 Å². The maximum atomic E-state index is 9.73. The zero-order chi connectivity index (χ0) is 10.1. The summed E-state index contributed by atoms with van der Waals surface area (Å²) < 4.78 is 2.21. The van der Waals surface area contributed by atoms with Crippen LogP contribution < -0.4 is 0 Å². The normalized spacial score (nSPS) is 11.6. The van der Waals surface area contributed by atoms with E-state index < -0.39 is 5.60 Å². The van der Waals surface area contributed by atoms with E-state index in [-0.39, 0.29) is 0 Å². The average molecular weight is 199 g/mol. The topological polar surface area (TPSA) is 53.8 Å². The van der Waals surface area contributed by atoms with Gasteiger partial charge in [0.25, 0.3) is 0 Å².